The van der Waals surface area contributed by atoms with E-state index in [1.165, 1.54) is 0 Å². The summed E-state index contributed by atoms with van der Waals surface area (Å²) < 4.78 is 2.86. The zero-order chi connectivity index (χ0) is 17.9. The van der Waals surface area contributed by atoms with Gasteiger partial charge in [-0.25, -0.2) is 4.68 Å². The van der Waals surface area contributed by atoms with Gasteiger partial charge in [-0.2, -0.15) is 0 Å². The van der Waals surface area contributed by atoms with E-state index < -0.39 is 0 Å². The molecule has 26 heavy (non-hydrogen) atoms. The number of hydrogen-bond donors (Lipinski definition) is 2. The molecule has 0 aliphatic heterocycles. The third-order valence-electron chi connectivity index (χ3n) is 4.11. The molecule has 8 heteroatoms. The second kappa shape index (κ2) is 7.25. The molecule has 132 valence electrons. The Morgan fingerprint density at radius 2 is 1.77 bits per heavy atom. The molecular weight excluding hydrogens is 396 g/mol. The third-order valence-corrected chi connectivity index (χ3v) is 4.64. The molecule has 0 atom stereocenters. The van der Waals surface area contributed by atoms with E-state index in [0.717, 1.165) is 40.1 Å². The molecule has 1 aromatic heterocycles. The topological polar surface area (TPSA) is 84.7 Å². The van der Waals surface area contributed by atoms with Crippen molar-refractivity contribution in [3.05, 3.63) is 53.0 Å². The van der Waals surface area contributed by atoms with E-state index in [2.05, 4.69) is 42.1 Å². The lowest BCUT2D eigenvalue weighted by atomic mass is 10.2. The first-order valence-electron chi connectivity index (χ1n) is 8.36. The molecule has 0 bridgehead atoms. The summed E-state index contributed by atoms with van der Waals surface area (Å²) in [6, 6.07) is 15.7. The third kappa shape index (κ3) is 3.91. The number of nitrogens with one attached hydrogen (secondary N) is 2. The Kier molecular flexibility index (Phi) is 4.66. The summed E-state index contributed by atoms with van der Waals surface area (Å²) in [7, 11) is 0. The highest BCUT2D eigenvalue weighted by molar-refractivity contribution is 9.10. The lowest BCUT2D eigenvalue weighted by molar-refractivity contribution is -0.114. The fourth-order valence-electron chi connectivity index (χ4n) is 2.61. The van der Waals surface area contributed by atoms with E-state index in [1.54, 1.807) is 0 Å². The van der Waals surface area contributed by atoms with Crippen LogP contribution in [0.4, 0.5) is 11.4 Å². The first-order chi connectivity index (χ1) is 12.7. The lowest BCUT2D eigenvalue weighted by Gasteiger charge is -2.09. The molecule has 1 aliphatic carbocycles. The SMILES string of the molecule is O=C(CNc1ccc(-c2nnnn2C2CC2)cc1)Nc1ccc(Br)cc1. The van der Waals surface area contributed by atoms with Crippen LogP contribution >= 0.6 is 15.9 Å². The highest BCUT2D eigenvalue weighted by Gasteiger charge is 2.28. The van der Waals surface area contributed by atoms with Gasteiger partial charge in [0.1, 0.15) is 0 Å². The van der Waals surface area contributed by atoms with E-state index >= 15 is 0 Å². The molecule has 2 aromatic carbocycles. The van der Waals surface area contributed by atoms with Crippen molar-refractivity contribution < 1.29 is 4.79 Å². The van der Waals surface area contributed by atoms with Crippen molar-refractivity contribution in [3.8, 4) is 11.4 Å². The van der Waals surface area contributed by atoms with Gasteiger partial charge in [-0.05, 0) is 71.8 Å². The van der Waals surface area contributed by atoms with Crippen molar-refractivity contribution in [1.29, 1.82) is 0 Å². The molecule has 1 amide bonds. The van der Waals surface area contributed by atoms with Crippen LogP contribution in [-0.4, -0.2) is 32.7 Å². The predicted octanol–water partition coefficient (Wildman–Crippen LogP) is 3.49. The highest BCUT2D eigenvalue weighted by atomic mass is 79.9. The van der Waals surface area contributed by atoms with Gasteiger partial charge in [-0.15, -0.1) is 5.10 Å². The second-order valence-electron chi connectivity index (χ2n) is 6.16. The summed E-state index contributed by atoms with van der Waals surface area (Å²) in [5, 5.41) is 17.9. The highest BCUT2D eigenvalue weighted by Crippen LogP contribution is 2.36. The summed E-state index contributed by atoms with van der Waals surface area (Å²) >= 11 is 3.37. The van der Waals surface area contributed by atoms with E-state index in [0.29, 0.717) is 6.04 Å². The molecule has 1 saturated carbocycles. The first kappa shape index (κ1) is 16.7. The summed E-state index contributed by atoms with van der Waals surface area (Å²) in [5.74, 6) is 0.682. The minimum absolute atomic E-state index is 0.103. The molecule has 0 saturated heterocycles. The largest absolute Gasteiger partial charge is 0.376 e. The molecule has 0 spiro atoms. The van der Waals surface area contributed by atoms with Crippen LogP contribution in [0.5, 0.6) is 0 Å². The maximum absolute atomic E-state index is 12.0. The Morgan fingerprint density at radius 3 is 2.46 bits per heavy atom. The number of carbonyl (C=O) groups excluding carboxylic acids is 1. The maximum Gasteiger partial charge on any atom is 0.243 e. The smallest absolute Gasteiger partial charge is 0.243 e. The number of amides is 1. The summed E-state index contributed by atoms with van der Waals surface area (Å²) in [6.07, 6.45) is 2.26. The maximum atomic E-state index is 12.0. The van der Waals surface area contributed by atoms with Crippen LogP contribution in [0.1, 0.15) is 18.9 Å². The Balaban J connectivity index is 1.34. The molecule has 1 fully saturated rings. The number of nitrogens with zero attached hydrogens (tertiary/aromatic N) is 4. The lowest BCUT2D eigenvalue weighted by Crippen LogP contribution is -2.21. The van der Waals surface area contributed by atoms with Crippen molar-refractivity contribution in [3.63, 3.8) is 0 Å². The number of tetrazole rings is 1. The standard InChI is InChI=1S/C18H17BrN6O/c19-13-3-7-15(8-4-13)21-17(26)11-20-14-5-1-12(2-6-14)18-22-23-24-25(18)16-9-10-16/h1-8,16,20H,9-11H2,(H,21,26). The average Bonchev–Trinajstić information content (AvgIpc) is 3.39. The van der Waals surface area contributed by atoms with Gasteiger partial charge in [-0.1, -0.05) is 15.9 Å². The van der Waals surface area contributed by atoms with Crippen LogP contribution in [0, 0.1) is 0 Å². The van der Waals surface area contributed by atoms with Crippen LogP contribution in [0.25, 0.3) is 11.4 Å². The van der Waals surface area contributed by atoms with Crippen LogP contribution in [-0.2, 0) is 4.79 Å². The normalized spacial score (nSPS) is 13.4. The van der Waals surface area contributed by atoms with Crippen LogP contribution in [0.2, 0.25) is 0 Å². The zero-order valence-corrected chi connectivity index (χ0v) is 15.5. The molecule has 0 radical (unpaired) electrons. The van der Waals surface area contributed by atoms with E-state index in [1.807, 2.05) is 53.2 Å². The summed E-state index contributed by atoms with van der Waals surface area (Å²) in [5.41, 5.74) is 2.60. The summed E-state index contributed by atoms with van der Waals surface area (Å²) in [6.45, 7) is 0.190. The Labute approximate surface area is 158 Å². The molecular formula is C18H17BrN6O. The zero-order valence-electron chi connectivity index (χ0n) is 13.9. The fourth-order valence-corrected chi connectivity index (χ4v) is 2.87. The Hall–Kier alpha value is -2.74. The van der Waals surface area contributed by atoms with E-state index in [-0.39, 0.29) is 12.5 Å². The van der Waals surface area contributed by atoms with Crippen molar-refractivity contribution in [2.75, 3.05) is 17.2 Å². The number of aromatic nitrogens is 4. The molecule has 1 aliphatic rings. The second-order valence-corrected chi connectivity index (χ2v) is 7.08. The van der Waals surface area contributed by atoms with Gasteiger partial charge >= 0.3 is 0 Å². The molecule has 3 aromatic rings. The number of hydrogen-bond acceptors (Lipinski definition) is 5. The minimum Gasteiger partial charge on any atom is -0.376 e. The quantitative estimate of drug-likeness (QED) is 0.647. The Morgan fingerprint density at radius 1 is 1.08 bits per heavy atom. The average molecular weight is 413 g/mol. The van der Waals surface area contributed by atoms with Crippen molar-refractivity contribution in [2.45, 2.75) is 18.9 Å². The van der Waals surface area contributed by atoms with Gasteiger partial charge in [0.25, 0.3) is 0 Å². The van der Waals surface area contributed by atoms with Crippen LogP contribution < -0.4 is 10.6 Å². The van der Waals surface area contributed by atoms with Gasteiger partial charge in [0.15, 0.2) is 5.82 Å². The van der Waals surface area contributed by atoms with Crippen molar-refractivity contribution in [1.82, 2.24) is 20.2 Å². The monoisotopic (exact) mass is 412 g/mol. The van der Waals surface area contributed by atoms with Gasteiger partial charge < -0.3 is 10.6 Å². The van der Waals surface area contributed by atoms with Gasteiger partial charge in [0.2, 0.25) is 5.91 Å². The Bertz CT molecular complexity index is 902. The fraction of sp³-hybridized carbons (Fsp3) is 0.222. The van der Waals surface area contributed by atoms with Crippen LogP contribution in [0.3, 0.4) is 0 Å². The van der Waals surface area contributed by atoms with E-state index in [4.69, 9.17) is 0 Å². The van der Waals surface area contributed by atoms with Gasteiger partial charge in [-0.3, -0.25) is 4.79 Å². The van der Waals surface area contributed by atoms with Gasteiger partial charge in [0, 0.05) is 21.4 Å². The number of anilines is 2. The van der Waals surface area contributed by atoms with Crippen molar-refractivity contribution >= 4 is 33.2 Å². The number of carbonyl (C=O) groups is 1. The van der Waals surface area contributed by atoms with Crippen molar-refractivity contribution in [2.24, 2.45) is 0 Å². The minimum atomic E-state index is -0.103. The number of halogens is 1. The molecule has 0 unspecified atom stereocenters. The summed E-state index contributed by atoms with van der Waals surface area (Å²) in [4.78, 5) is 12.0. The number of rotatable bonds is 6. The molecule has 1 heterocycles. The predicted molar refractivity (Wildman–Crippen MR) is 103 cm³/mol. The molecule has 2 N–H and O–H groups in total. The van der Waals surface area contributed by atoms with E-state index in [9.17, 15) is 4.79 Å². The first-order valence-corrected chi connectivity index (χ1v) is 9.16. The van der Waals surface area contributed by atoms with Crippen LogP contribution in [0.15, 0.2) is 53.0 Å². The molecule has 7 nitrogen and oxygen atoms in total. The molecule has 4 rings (SSSR count). The number of benzene rings is 2. The van der Waals surface area contributed by atoms with Gasteiger partial charge in [0.05, 0.1) is 12.6 Å².